The Labute approximate surface area is 173 Å². The van der Waals surface area contributed by atoms with Gasteiger partial charge in [0.2, 0.25) is 5.95 Å². The van der Waals surface area contributed by atoms with Crippen LogP contribution in [0.25, 0.3) is 0 Å². The van der Waals surface area contributed by atoms with E-state index in [4.69, 9.17) is 9.47 Å². The molecular formula is C21H24F3N3O3. The number of carbonyl (C=O) groups is 1. The van der Waals surface area contributed by atoms with E-state index in [9.17, 15) is 18.0 Å². The van der Waals surface area contributed by atoms with Crippen molar-refractivity contribution in [1.82, 2.24) is 9.97 Å². The van der Waals surface area contributed by atoms with Crippen molar-refractivity contribution in [3.8, 4) is 0 Å². The molecule has 1 aliphatic heterocycles. The van der Waals surface area contributed by atoms with Gasteiger partial charge in [-0.2, -0.15) is 13.2 Å². The van der Waals surface area contributed by atoms with Gasteiger partial charge in [0, 0.05) is 32.6 Å². The van der Waals surface area contributed by atoms with Gasteiger partial charge in [0.15, 0.2) is 6.10 Å². The molecule has 2 aromatic rings. The Bertz CT molecular complexity index is 823. The van der Waals surface area contributed by atoms with Crippen molar-refractivity contribution in [2.24, 2.45) is 5.92 Å². The van der Waals surface area contributed by atoms with Crippen LogP contribution in [-0.2, 0) is 20.4 Å². The van der Waals surface area contributed by atoms with E-state index in [1.807, 2.05) is 42.2 Å². The summed E-state index contributed by atoms with van der Waals surface area (Å²) in [7, 11) is 1.46. The average Bonchev–Trinajstić information content (AvgIpc) is 2.74. The number of halogens is 3. The van der Waals surface area contributed by atoms with Crippen molar-refractivity contribution in [2.45, 2.75) is 38.1 Å². The number of piperidine rings is 1. The lowest BCUT2D eigenvalue weighted by Crippen LogP contribution is -2.39. The van der Waals surface area contributed by atoms with Gasteiger partial charge in [-0.3, -0.25) is 0 Å². The van der Waals surface area contributed by atoms with Crippen LogP contribution in [0.5, 0.6) is 0 Å². The molecular weight excluding hydrogens is 399 g/mol. The fourth-order valence-corrected chi connectivity index (χ4v) is 3.54. The molecule has 2 heterocycles. The van der Waals surface area contributed by atoms with Crippen LogP contribution in [0.4, 0.5) is 19.1 Å². The van der Waals surface area contributed by atoms with Crippen LogP contribution >= 0.6 is 0 Å². The minimum Gasteiger partial charge on any atom is -0.460 e. The van der Waals surface area contributed by atoms with E-state index in [0.29, 0.717) is 25.9 Å². The lowest BCUT2D eigenvalue weighted by Gasteiger charge is -2.34. The molecule has 9 heteroatoms. The van der Waals surface area contributed by atoms with Gasteiger partial charge >= 0.3 is 12.1 Å². The minimum absolute atomic E-state index is 0.132. The number of aromatic nitrogens is 2. The van der Waals surface area contributed by atoms with Gasteiger partial charge in [-0.1, -0.05) is 30.3 Å². The van der Waals surface area contributed by atoms with Gasteiger partial charge < -0.3 is 14.4 Å². The van der Waals surface area contributed by atoms with Crippen LogP contribution in [-0.4, -0.2) is 42.2 Å². The van der Waals surface area contributed by atoms with Crippen molar-refractivity contribution >= 4 is 11.9 Å². The number of nitrogens with zero attached hydrogens (tertiary/aromatic N) is 3. The van der Waals surface area contributed by atoms with Crippen LogP contribution < -0.4 is 4.90 Å². The summed E-state index contributed by atoms with van der Waals surface area (Å²) in [4.78, 5) is 22.1. The van der Waals surface area contributed by atoms with Crippen molar-refractivity contribution in [3.05, 3.63) is 53.9 Å². The molecule has 1 unspecified atom stereocenters. The Balaban J connectivity index is 1.53. The maximum Gasteiger partial charge on any atom is 0.419 e. The van der Waals surface area contributed by atoms with Crippen LogP contribution in [0.3, 0.4) is 0 Å². The summed E-state index contributed by atoms with van der Waals surface area (Å²) >= 11 is 0. The third-order valence-electron chi connectivity index (χ3n) is 5.31. The lowest BCUT2D eigenvalue weighted by atomic mass is 9.92. The number of anilines is 1. The number of hydrogen-bond acceptors (Lipinski definition) is 6. The Kier molecular flexibility index (Phi) is 6.91. The molecule has 3 rings (SSSR count). The van der Waals surface area contributed by atoms with E-state index in [1.165, 1.54) is 7.11 Å². The molecule has 0 radical (unpaired) electrons. The summed E-state index contributed by atoms with van der Waals surface area (Å²) in [6.45, 7) is 3.00. The second-order valence-corrected chi connectivity index (χ2v) is 7.26. The largest absolute Gasteiger partial charge is 0.460 e. The van der Waals surface area contributed by atoms with E-state index in [1.54, 1.807) is 0 Å². The smallest absolute Gasteiger partial charge is 0.419 e. The Morgan fingerprint density at radius 1 is 1.13 bits per heavy atom. The molecule has 1 aromatic heterocycles. The van der Waals surface area contributed by atoms with Crippen LogP contribution in [0.1, 0.15) is 37.0 Å². The zero-order valence-corrected chi connectivity index (χ0v) is 16.8. The molecule has 1 aliphatic rings. The summed E-state index contributed by atoms with van der Waals surface area (Å²) < 4.78 is 48.9. The van der Waals surface area contributed by atoms with E-state index >= 15 is 0 Å². The maximum absolute atomic E-state index is 12.7. The van der Waals surface area contributed by atoms with Crippen molar-refractivity contribution in [2.75, 3.05) is 25.1 Å². The zero-order chi connectivity index (χ0) is 21.7. The van der Waals surface area contributed by atoms with Gasteiger partial charge in [-0.05, 0) is 31.2 Å². The number of methoxy groups -OCH3 is 1. The van der Waals surface area contributed by atoms with E-state index in [0.717, 1.165) is 18.0 Å². The predicted molar refractivity (Wildman–Crippen MR) is 104 cm³/mol. The van der Waals surface area contributed by atoms with Crippen LogP contribution in [0, 0.1) is 5.92 Å². The number of benzene rings is 1. The van der Waals surface area contributed by atoms with Crippen molar-refractivity contribution in [3.63, 3.8) is 0 Å². The summed E-state index contributed by atoms with van der Waals surface area (Å²) in [6.07, 6.45) is -2.53. The number of carbonyl (C=O) groups excluding carboxylic acids is 1. The molecule has 0 bridgehead atoms. The highest BCUT2D eigenvalue weighted by atomic mass is 19.4. The Morgan fingerprint density at radius 3 is 2.27 bits per heavy atom. The van der Waals surface area contributed by atoms with Crippen molar-refractivity contribution in [1.29, 1.82) is 0 Å². The first kappa shape index (κ1) is 22.0. The highest BCUT2D eigenvalue weighted by molar-refractivity contribution is 5.76. The second kappa shape index (κ2) is 9.42. The summed E-state index contributed by atoms with van der Waals surface area (Å²) in [6, 6.07) is 9.14. The molecule has 162 valence electrons. The number of rotatable bonds is 6. The van der Waals surface area contributed by atoms with E-state index in [-0.39, 0.29) is 18.0 Å². The van der Waals surface area contributed by atoms with E-state index < -0.39 is 23.8 Å². The van der Waals surface area contributed by atoms with Gasteiger partial charge in [0.25, 0.3) is 0 Å². The summed E-state index contributed by atoms with van der Waals surface area (Å²) in [5.74, 6) is -0.0350. The molecule has 30 heavy (non-hydrogen) atoms. The number of alkyl halides is 3. The predicted octanol–water partition coefficient (Wildman–Crippen LogP) is 4.03. The molecule has 0 N–H and O–H groups in total. The third-order valence-corrected chi connectivity index (χ3v) is 5.31. The average molecular weight is 423 g/mol. The number of hydrogen-bond donors (Lipinski definition) is 0. The van der Waals surface area contributed by atoms with Crippen LogP contribution in [0.15, 0.2) is 42.7 Å². The lowest BCUT2D eigenvalue weighted by molar-refractivity contribution is -0.163. The molecule has 1 aromatic carbocycles. The molecule has 2 atom stereocenters. The highest BCUT2D eigenvalue weighted by Crippen LogP contribution is 2.30. The summed E-state index contributed by atoms with van der Waals surface area (Å²) in [5, 5.41) is 0. The first-order chi connectivity index (χ1) is 14.3. The Morgan fingerprint density at radius 2 is 1.73 bits per heavy atom. The second-order valence-electron chi connectivity index (χ2n) is 7.26. The molecule has 1 fully saturated rings. The monoisotopic (exact) mass is 423 g/mol. The normalized spacial score (nSPS) is 17.4. The van der Waals surface area contributed by atoms with Gasteiger partial charge in [-0.25, -0.2) is 14.8 Å². The molecule has 0 amide bonds. The fourth-order valence-electron chi connectivity index (χ4n) is 3.54. The fraction of sp³-hybridized carbons (Fsp3) is 0.476. The quantitative estimate of drug-likeness (QED) is 0.654. The first-order valence-corrected chi connectivity index (χ1v) is 9.72. The minimum atomic E-state index is -4.45. The highest BCUT2D eigenvalue weighted by Gasteiger charge is 2.33. The van der Waals surface area contributed by atoms with E-state index in [2.05, 4.69) is 9.97 Å². The summed E-state index contributed by atoms with van der Waals surface area (Å²) in [5.41, 5.74) is -0.140. The molecule has 6 nitrogen and oxygen atoms in total. The molecule has 1 saturated heterocycles. The maximum atomic E-state index is 12.7. The molecule has 0 saturated carbocycles. The first-order valence-electron chi connectivity index (χ1n) is 9.72. The van der Waals surface area contributed by atoms with Gasteiger partial charge in [0.1, 0.15) is 6.10 Å². The standard InChI is InChI=1S/C21H24F3N3O3/c1-14(30-19(28)18(29-2)16-6-4-3-5-7-16)15-8-10-27(11-9-15)20-25-12-17(13-26-20)21(22,23)24/h3-7,12-15,18H,8-11H2,1-2H3/t14-,18?/m1/s1. The van der Waals surface area contributed by atoms with Gasteiger partial charge in [-0.15, -0.1) is 0 Å². The van der Waals surface area contributed by atoms with Crippen LogP contribution in [0.2, 0.25) is 0 Å². The van der Waals surface area contributed by atoms with Crippen molar-refractivity contribution < 1.29 is 27.4 Å². The zero-order valence-electron chi connectivity index (χ0n) is 16.8. The SMILES string of the molecule is COC(C(=O)O[C@H](C)C1CCN(c2ncc(C(F)(F)F)cn2)CC1)c1ccccc1. The third kappa shape index (κ3) is 5.27. The number of ether oxygens (including phenoxy) is 2. The topological polar surface area (TPSA) is 64.6 Å². The number of esters is 1. The Hall–Kier alpha value is -2.68. The van der Waals surface area contributed by atoms with Gasteiger partial charge in [0.05, 0.1) is 5.56 Å². The molecule has 0 spiro atoms. The molecule has 0 aliphatic carbocycles.